The van der Waals surface area contributed by atoms with Crippen LogP contribution >= 0.6 is 11.6 Å². The Balaban J connectivity index is 1.54. The van der Waals surface area contributed by atoms with Crippen LogP contribution in [0.5, 0.6) is 0 Å². The maximum Gasteiger partial charge on any atom is 0.256 e. The van der Waals surface area contributed by atoms with Crippen LogP contribution in [0.2, 0.25) is 5.02 Å². The van der Waals surface area contributed by atoms with E-state index in [9.17, 15) is 4.79 Å². The van der Waals surface area contributed by atoms with Gasteiger partial charge in [-0.2, -0.15) is 0 Å². The third-order valence-electron chi connectivity index (χ3n) is 5.37. The first-order chi connectivity index (χ1) is 13.1. The topological polar surface area (TPSA) is 32.3 Å². The largest absolute Gasteiger partial charge is 0.369 e. The van der Waals surface area contributed by atoms with Crippen LogP contribution in [0.25, 0.3) is 10.8 Å². The average Bonchev–Trinajstić information content (AvgIpc) is 2.69. The van der Waals surface area contributed by atoms with Crippen molar-refractivity contribution in [2.24, 2.45) is 0 Å². The Bertz CT molecular complexity index is 968. The lowest BCUT2D eigenvalue weighted by Crippen LogP contribution is -2.37. The molecule has 1 saturated heterocycles. The summed E-state index contributed by atoms with van der Waals surface area (Å²) in [6, 6.07) is 20.0. The fraction of sp³-hybridized carbons (Fsp3) is 0.261. The van der Waals surface area contributed by atoms with E-state index in [1.165, 1.54) is 24.9 Å². The molecule has 0 spiro atoms. The van der Waals surface area contributed by atoms with E-state index in [1.54, 1.807) is 0 Å². The minimum absolute atomic E-state index is 0.123. The third kappa shape index (κ3) is 3.65. The summed E-state index contributed by atoms with van der Waals surface area (Å²) in [7, 11) is 0. The van der Waals surface area contributed by atoms with Crippen LogP contribution in [-0.2, 0) is 0 Å². The number of rotatable bonds is 3. The van der Waals surface area contributed by atoms with Crippen molar-refractivity contribution in [3.63, 3.8) is 0 Å². The summed E-state index contributed by atoms with van der Waals surface area (Å²) < 4.78 is 0. The molecule has 27 heavy (non-hydrogen) atoms. The van der Waals surface area contributed by atoms with Gasteiger partial charge in [0.1, 0.15) is 0 Å². The maximum atomic E-state index is 12.8. The van der Waals surface area contributed by atoms with E-state index in [0.717, 1.165) is 23.0 Å². The van der Waals surface area contributed by atoms with Gasteiger partial charge < -0.3 is 10.2 Å². The Morgan fingerprint density at radius 2 is 1.74 bits per heavy atom. The molecular formula is C23H23ClN2O. The first kappa shape index (κ1) is 17.9. The summed E-state index contributed by atoms with van der Waals surface area (Å²) in [6.45, 7) is 3.38. The van der Waals surface area contributed by atoms with Crippen LogP contribution in [-0.4, -0.2) is 18.5 Å². The number of nitrogens with zero attached hydrogens (tertiary/aromatic N) is 1. The number of benzene rings is 3. The lowest BCUT2D eigenvalue weighted by atomic mass is 10.0. The number of nitrogens with one attached hydrogen (secondary N) is 1. The first-order valence-corrected chi connectivity index (χ1v) is 9.86. The fourth-order valence-corrected chi connectivity index (χ4v) is 4.12. The summed E-state index contributed by atoms with van der Waals surface area (Å²) >= 11 is 6.26. The van der Waals surface area contributed by atoms with E-state index >= 15 is 0 Å². The van der Waals surface area contributed by atoms with Crippen molar-refractivity contribution < 1.29 is 4.79 Å². The van der Waals surface area contributed by atoms with Crippen molar-refractivity contribution in [3.8, 4) is 0 Å². The van der Waals surface area contributed by atoms with Gasteiger partial charge in [-0.25, -0.2) is 0 Å². The summed E-state index contributed by atoms with van der Waals surface area (Å²) in [6.07, 6.45) is 3.79. The zero-order valence-electron chi connectivity index (χ0n) is 15.4. The Morgan fingerprint density at radius 3 is 2.52 bits per heavy atom. The van der Waals surface area contributed by atoms with Crippen LogP contribution in [0.15, 0.2) is 60.7 Å². The molecule has 138 valence electrons. The van der Waals surface area contributed by atoms with E-state index < -0.39 is 0 Å². The maximum absolute atomic E-state index is 12.8. The average molecular weight is 379 g/mol. The highest BCUT2D eigenvalue weighted by atomic mass is 35.5. The second kappa shape index (κ2) is 7.61. The Morgan fingerprint density at radius 1 is 1.00 bits per heavy atom. The van der Waals surface area contributed by atoms with Crippen molar-refractivity contribution in [1.82, 2.24) is 0 Å². The molecule has 3 aromatic rings. The summed E-state index contributed by atoms with van der Waals surface area (Å²) in [5.74, 6) is -0.123. The van der Waals surface area contributed by atoms with Crippen molar-refractivity contribution in [2.45, 2.75) is 32.2 Å². The molecule has 1 aliphatic heterocycles. The molecule has 3 nitrogen and oxygen atoms in total. The van der Waals surface area contributed by atoms with Gasteiger partial charge in [-0.1, -0.05) is 35.9 Å². The Kier molecular flexibility index (Phi) is 5.04. The molecule has 0 saturated carbocycles. The van der Waals surface area contributed by atoms with Gasteiger partial charge in [0.05, 0.1) is 0 Å². The van der Waals surface area contributed by atoms with E-state index in [2.05, 4.69) is 29.3 Å². The number of fused-ring (bicyclic) bond motifs is 1. The monoisotopic (exact) mass is 378 g/mol. The molecule has 1 fully saturated rings. The van der Waals surface area contributed by atoms with Crippen LogP contribution in [0.3, 0.4) is 0 Å². The number of amides is 1. The molecule has 4 heteroatoms. The van der Waals surface area contributed by atoms with Gasteiger partial charge in [-0.15, -0.1) is 0 Å². The zero-order valence-corrected chi connectivity index (χ0v) is 16.2. The van der Waals surface area contributed by atoms with Crippen LogP contribution in [0, 0.1) is 0 Å². The highest BCUT2D eigenvalue weighted by molar-refractivity contribution is 6.36. The van der Waals surface area contributed by atoms with Gasteiger partial charge >= 0.3 is 0 Å². The van der Waals surface area contributed by atoms with Gasteiger partial charge in [-0.3, -0.25) is 4.79 Å². The third-order valence-corrected chi connectivity index (χ3v) is 5.70. The second-order valence-corrected chi connectivity index (χ2v) is 7.59. The quantitative estimate of drug-likeness (QED) is 0.595. The molecule has 1 N–H and O–H groups in total. The predicted octanol–water partition coefficient (Wildman–Crippen LogP) is 6.12. The van der Waals surface area contributed by atoms with Crippen molar-refractivity contribution in [1.29, 1.82) is 0 Å². The van der Waals surface area contributed by atoms with E-state index in [4.69, 9.17) is 11.6 Å². The van der Waals surface area contributed by atoms with Crippen molar-refractivity contribution in [3.05, 3.63) is 71.2 Å². The SMILES string of the molecule is C[C@@H]1CCCCN1c1ccc(NC(=O)c2cccc3c(Cl)cccc23)cc1. The molecule has 1 heterocycles. The van der Waals surface area contributed by atoms with Gasteiger partial charge in [0.25, 0.3) is 5.91 Å². The van der Waals surface area contributed by atoms with Gasteiger partial charge in [0.15, 0.2) is 0 Å². The number of carbonyl (C=O) groups is 1. The molecular weight excluding hydrogens is 356 g/mol. The standard InChI is InChI=1S/C23H23ClN2O/c1-16-6-2-3-15-26(16)18-13-11-17(12-14-18)25-23(27)21-9-4-8-20-19(21)7-5-10-22(20)24/h4-5,7-14,16H,2-3,6,15H2,1H3,(H,25,27)/t16-/m1/s1. The van der Waals surface area contributed by atoms with Crippen LogP contribution < -0.4 is 10.2 Å². The minimum atomic E-state index is -0.123. The van der Waals surface area contributed by atoms with Gasteiger partial charge in [-0.05, 0) is 68.0 Å². The minimum Gasteiger partial charge on any atom is -0.369 e. The molecule has 4 rings (SSSR count). The molecule has 3 aromatic carbocycles. The smallest absolute Gasteiger partial charge is 0.256 e. The number of piperidine rings is 1. The Labute approximate surface area is 164 Å². The number of hydrogen-bond acceptors (Lipinski definition) is 2. The van der Waals surface area contributed by atoms with Crippen LogP contribution in [0.4, 0.5) is 11.4 Å². The van der Waals surface area contributed by atoms with Gasteiger partial charge in [0.2, 0.25) is 0 Å². The lowest BCUT2D eigenvalue weighted by Gasteiger charge is -2.35. The van der Waals surface area contributed by atoms with Crippen LogP contribution in [0.1, 0.15) is 36.5 Å². The molecule has 1 amide bonds. The highest BCUT2D eigenvalue weighted by Gasteiger charge is 2.18. The molecule has 1 atom stereocenters. The zero-order chi connectivity index (χ0) is 18.8. The van der Waals surface area contributed by atoms with E-state index in [1.807, 2.05) is 48.5 Å². The van der Waals surface area contributed by atoms with Crippen molar-refractivity contribution >= 4 is 39.7 Å². The second-order valence-electron chi connectivity index (χ2n) is 7.18. The summed E-state index contributed by atoms with van der Waals surface area (Å²) in [5.41, 5.74) is 2.65. The number of hydrogen-bond donors (Lipinski definition) is 1. The molecule has 0 aliphatic carbocycles. The molecule has 1 aliphatic rings. The van der Waals surface area contributed by atoms with Gasteiger partial charge in [0, 0.05) is 39.9 Å². The number of anilines is 2. The molecule has 0 unspecified atom stereocenters. The van der Waals surface area contributed by atoms with E-state index in [0.29, 0.717) is 16.6 Å². The lowest BCUT2D eigenvalue weighted by molar-refractivity contribution is 0.102. The highest BCUT2D eigenvalue weighted by Crippen LogP contribution is 2.28. The normalized spacial score (nSPS) is 17.1. The van der Waals surface area contributed by atoms with E-state index in [-0.39, 0.29) is 5.91 Å². The molecule has 0 bridgehead atoms. The molecule has 0 radical (unpaired) electrons. The predicted molar refractivity (Wildman–Crippen MR) is 114 cm³/mol. The number of halogens is 1. The fourth-order valence-electron chi connectivity index (χ4n) is 3.89. The summed E-state index contributed by atoms with van der Waals surface area (Å²) in [5, 5.41) is 5.42. The Hall–Kier alpha value is -2.52. The first-order valence-electron chi connectivity index (χ1n) is 9.49. The molecule has 0 aromatic heterocycles. The number of carbonyl (C=O) groups excluding carboxylic acids is 1. The van der Waals surface area contributed by atoms with Crippen molar-refractivity contribution in [2.75, 3.05) is 16.8 Å². The summed E-state index contributed by atoms with van der Waals surface area (Å²) in [4.78, 5) is 15.3.